The van der Waals surface area contributed by atoms with Crippen molar-refractivity contribution in [2.24, 2.45) is 5.92 Å². The van der Waals surface area contributed by atoms with E-state index in [-0.39, 0.29) is 10.8 Å². The molecule has 0 radical (unpaired) electrons. The first-order chi connectivity index (χ1) is 19.3. The Morgan fingerprint density at radius 2 is 1.65 bits per heavy atom. The number of likely N-dealkylation sites (tertiary alicyclic amines) is 2. The number of carbonyl (C=O) groups is 1. The zero-order valence-electron chi connectivity index (χ0n) is 23.4. The summed E-state index contributed by atoms with van der Waals surface area (Å²) in [5.74, 6) is 1.79. The SMILES string of the molecule is CC(=O)N1CCC(N(CCN2CCC(Cc3nc(-c4ccc(S(C)(=O)=O)cc4)no3)CC2)c2ccccc2)CC1. The molecule has 0 N–H and O–H groups in total. The summed E-state index contributed by atoms with van der Waals surface area (Å²) in [4.78, 5) is 23.7. The molecule has 0 aliphatic carbocycles. The fourth-order valence-electron chi connectivity index (χ4n) is 5.85. The Morgan fingerprint density at radius 1 is 0.975 bits per heavy atom. The minimum Gasteiger partial charge on any atom is -0.367 e. The van der Waals surface area contributed by atoms with Gasteiger partial charge in [-0.2, -0.15) is 4.98 Å². The third kappa shape index (κ3) is 7.09. The van der Waals surface area contributed by atoms with Crippen molar-refractivity contribution in [3.8, 4) is 11.4 Å². The first-order valence-corrected chi connectivity index (χ1v) is 16.1. The summed E-state index contributed by atoms with van der Waals surface area (Å²) in [5, 5.41) is 4.12. The lowest BCUT2D eigenvalue weighted by Crippen LogP contribution is -2.49. The number of amides is 1. The lowest BCUT2D eigenvalue weighted by Gasteiger charge is -2.41. The number of rotatable bonds is 9. The van der Waals surface area contributed by atoms with Crippen LogP contribution in [0, 0.1) is 5.92 Å². The standard InChI is InChI=1S/C30H39N5O4S/c1-23(36)34-18-14-27(15-19-34)35(26-6-4-3-5-7-26)21-20-33-16-12-24(13-17-33)22-29-31-30(32-39-29)25-8-10-28(11-9-25)40(2,37)38/h3-11,24,27H,12-22H2,1-2H3. The van der Waals surface area contributed by atoms with E-state index < -0.39 is 9.84 Å². The lowest BCUT2D eigenvalue weighted by atomic mass is 9.93. The zero-order chi connectivity index (χ0) is 28.1. The number of hydrogen-bond donors (Lipinski definition) is 0. The minimum atomic E-state index is -3.24. The van der Waals surface area contributed by atoms with E-state index in [1.807, 2.05) is 4.90 Å². The van der Waals surface area contributed by atoms with Crippen molar-refractivity contribution in [2.75, 3.05) is 50.4 Å². The molecule has 0 unspecified atom stereocenters. The Bertz CT molecular complexity index is 1360. The monoisotopic (exact) mass is 565 g/mol. The van der Waals surface area contributed by atoms with Crippen LogP contribution in [0.1, 0.15) is 38.5 Å². The number of para-hydroxylation sites is 1. The number of anilines is 1. The number of sulfone groups is 1. The van der Waals surface area contributed by atoms with E-state index in [0.29, 0.717) is 23.7 Å². The fourth-order valence-corrected chi connectivity index (χ4v) is 6.48. The van der Waals surface area contributed by atoms with Crippen LogP contribution in [0.15, 0.2) is 64.0 Å². The zero-order valence-corrected chi connectivity index (χ0v) is 24.2. The third-order valence-corrected chi connectivity index (χ3v) is 9.40. The summed E-state index contributed by atoms with van der Waals surface area (Å²) in [7, 11) is -3.24. The van der Waals surface area contributed by atoms with Crippen molar-refractivity contribution >= 4 is 21.4 Å². The van der Waals surface area contributed by atoms with Gasteiger partial charge in [0.05, 0.1) is 4.90 Å². The van der Waals surface area contributed by atoms with Gasteiger partial charge in [0.2, 0.25) is 17.6 Å². The van der Waals surface area contributed by atoms with Crippen molar-refractivity contribution in [3.05, 3.63) is 60.5 Å². The van der Waals surface area contributed by atoms with Gasteiger partial charge in [0.15, 0.2) is 9.84 Å². The van der Waals surface area contributed by atoms with Crippen LogP contribution >= 0.6 is 0 Å². The molecule has 2 saturated heterocycles. The molecule has 3 aromatic rings. The van der Waals surface area contributed by atoms with Gasteiger partial charge in [-0.25, -0.2) is 8.42 Å². The molecule has 2 aliphatic rings. The molecule has 40 heavy (non-hydrogen) atoms. The summed E-state index contributed by atoms with van der Waals surface area (Å²) in [5.41, 5.74) is 2.00. The number of carbonyl (C=O) groups excluding carboxylic acids is 1. The van der Waals surface area contributed by atoms with Gasteiger partial charge in [-0.15, -0.1) is 0 Å². The number of aromatic nitrogens is 2. The highest BCUT2D eigenvalue weighted by Gasteiger charge is 2.27. The van der Waals surface area contributed by atoms with Crippen molar-refractivity contribution in [1.29, 1.82) is 0 Å². The van der Waals surface area contributed by atoms with Gasteiger partial charge in [0.25, 0.3) is 0 Å². The Labute approximate surface area is 237 Å². The average molecular weight is 566 g/mol. The molecular weight excluding hydrogens is 526 g/mol. The maximum absolute atomic E-state index is 11.8. The first-order valence-electron chi connectivity index (χ1n) is 14.2. The first kappa shape index (κ1) is 28.3. The lowest BCUT2D eigenvalue weighted by molar-refractivity contribution is -0.129. The molecule has 1 amide bonds. The quantitative estimate of drug-likeness (QED) is 0.385. The summed E-state index contributed by atoms with van der Waals surface area (Å²) >= 11 is 0. The molecule has 2 aliphatic heterocycles. The maximum Gasteiger partial charge on any atom is 0.227 e. The van der Waals surface area contributed by atoms with E-state index in [2.05, 4.69) is 50.3 Å². The summed E-state index contributed by atoms with van der Waals surface area (Å²) < 4.78 is 28.9. The van der Waals surface area contributed by atoms with Crippen molar-refractivity contribution in [2.45, 2.75) is 50.0 Å². The third-order valence-electron chi connectivity index (χ3n) is 8.27. The number of piperidine rings is 2. The highest BCUT2D eigenvalue weighted by molar-refractivity contribution is 7.90. The molecular formula is C30H39N5O4S. The Hall–Kier alpha value is -3.24. The molecule has 2 fully saturated rings. The van der Waals surface area contributed by atoms with E-state index in [1.165, 1.54) is 11.9 Å². The van der Waals surface area contributed by atoms with Gasteiger partial charge < -0.3 is 19.2 Å². The van der Waals surface area contributed by atoms with Crippen LogP contribution in [0.3, 0.4) is 0 Å². The average Bonchev–Trinajstić information content (AvgIpc) is 3.43. The van der Waals surface area contributed by atoms with Crippen LogP contribution < -0.4 is 4.90 Å². The summed E-state index contributed by atoms with van der Waals surface area (Å²) in [6.45, 7) is 7.41. The van der Waals surface area contributed by atoms with E-state index in [1.54, 1.807) is 31.2 Å². The molecule has 2 aromatic carbocycles. The molecule has 214 valence electrons. The predicted molar refractivity (Wildman–Crippen MR) is 155 cm³/mol. The predicted octanol–water partition coefficient (Wildman–Crippen LogP) is 3.91. The van der Waals surface area contributed by atoms with Crippen LogP contribution in [-0.2, 0) is 21.1 Å². The van der Waals surface area contributed by atoms with Crippen LogP contribution in [0.5, 0.6) is 0 Å². The Balaban J connectivity index is 1.12. The minimum absolute atomic E-state index is 0.174. The number of benzene rings is 2. The van der Waals surface area contributed by atoms with Gasteiger partial charge in [-0.1, -0.05) is 23.4 Å². The topological polar surface area (TPSA) is 99.9 Å². The second kappa shape index (κ2) is 12.5. The fraction of sp³-hybridized carbons (Fsp3) is 0.500. The maximum atomic E-state index is 11.8. The number of hydrogen-bond acceptors (Lipinski definition) is 8. The van der Waals surface area contributed by atoms with Crippen LogP contribution in [-0.4, -0.2) is 85.8 Å². The molecule has 0 saturated carbocycles. The molecule has 5 rings (SSSR count). The van der Waals surface area contributed by atoms with Crippen molar-refractivity contribution < 1.29 is 17.7 Å². The van der Waals surface area contributed by atoms with Crippen LogP contribution in [0.4, 0.5) is 5.69 Å². The summed E-state index contributed by atoms with van der Waals surface area (Å²) in [6, 6.07) is 17.7. The highest BCUT2D eigenvalue weighted by atomic mass is 32.2. The van der Waals surface area contributed by atoms with E-state index >= 15 is 0 Å². The van der Waals surface area contributed by atoms with Crippen molar-refractivity contribution in [3.63, 3.8) is 0 Å². The molecule has 0 bridgehead atoms. The molecule has 9 nitrogen and oxygen atoms in total. The number of nitrogens with zero attached hydrogens (tertiary/aromatic N) is 5. The van der Waals surface area contributed by atoms with Gasteiger partial charge in [-0.05, 0) is 81.1 Å². The van der Waals surface area contributed by atoms with Gasteiger partial charge in [-0.3, -0.25) is 4.79 Å². The van der Waals surface area contributed by atoms with Gasteiger partial charge in [0, 0.05) is 63.1 Å². The highest BCUT2D eigenvalue weighted by Crippen LogP contribution is 2.26. The van der Waals surface area contributed by atoms with E-state index in [9.17, 15) is 13.2 Å². The second-order valence-corrected chi connectivity index (χ2v) is 13.1. The van der Waals surface area contributed by atoms with Gasteiger partial charge in [0.1, 0.15) is 0 Å². The molecule has 0 atom stereocenters. The second-order valence-electron chi connectivity index (χ2n) is 11.1. The van der Waals surface area contributed by atoms with E-state index in [4.69, 9.17) is 4.52 Å². The molecule has 10 heteroatoms. The van der Waals surface area contributed by atoms with Crippen LogP contribution in [0.2, 0.25) is 0 Å². The summed E-state index contributed by atoms with van der Waals surface area (Å²) in [6.07, 6.45) is 6.13. The molecule has 3 heterocycles. The Kier molecular flexibility index (Phi) is 8.85. The smallest absolute Gasteiger partial charge is 0.227 e. The van der Waals surface area contributed by atoms with Crippen LogP contribution in [0.25, 0.3) is 11.4 Å². The Morgan fingerprint density at radius 3 is 2.27 bits per heavy atom. The van der Waals surface area contributed by atoms with Crippen molar-refractivity contribution in [1.82, 2.24) is 19.9 Å². The van der Waals surface area contributed by atoms with E-state index in [0.717, 1.165) is 76.9 Å². The largest absolute Gasteiger partial charge is 0.367 e. The molecule has 0 spiro atoms. The molecule has 1 aromatic heterocycles. The normalized spacial score (nSPS) is 17.7. The van der Waals surface area contributed by atoms with Gasteiger partial charge >= 0.3 is 0 Å².